The van der Waals surface area contributed by atoms with Crippen molar-refractivity contribution in [2.24, 2.45) is 0 Å². The summed E-state index contributed by atoms with van der Waals surface area (Å²) in [6.07, 6.45) is -0.875. The van der Waals surface area contributed by atoms with Gasteiger partial charge in [0.25, 0.3) is 11.7 Å². The van der Waals surface area contributed by atoms with Crippen molar-refractivity contribution >= 4 is 23.4 Å². The number of aliphatic hydroxyl groups excluding tert-OH is 2. The molecule has 7 nitrogen and oxygen atoms in total. The number of hydrogen-bond acceptors (Lipinski definition) is 6. The average Bonchev–Trinajstić information content (AvgIpc) is 2.97. The van der Waals surface area contributed by atoms with Gasteiger partial charge >= 0.3 is 5.97 Å². The van der Waals surface area contributed by atoms with Crippen LogP contribution in [-0.2, 0) is 14.3 Å². The average molecular weight is 409 g/mol. The molecule has 0 aliphatic carbocycles. The highest BCUT2D eigenvalue weighted by Gasteiger charge is 2.46. The van der Waals surface area contributed by atoms with Gasteiger partial charge in [0, 0.05) is 12.1 Å². The molecule has 0 radical (unpaired) electrons. The van der Waals surface area contributed by atoms with Gasteiger partial charge in [-0.05, 0) is 31.5 Å². The number of ketones is 1. The molecular formula is C23H23NO6. The Labute approximate surface area is 174 Å². The smallest absolute Gasteiger partial charge is 0.337 e. The monoisotopic (exact) mass is 409 g/mol. The number of β-amino-alcohol motifs (C(OH)–C–C–N with tert-alkyl or cyclic N) is 1. The Kier molecular flexibility index (Phi) is 6.03. The van der Waals surface area contributed by atoms with E-state index in [0.29, 0.717) is 16.7 Å². The highest BCUT2D eigenvalue weighted by Crippen LogP contribution is 2.39. The lowest BCUT2D eigenvalue weighted by Gasteiger charge is -2.26. The fraction of sp³-hybridized carbons (Fsp3) is 0.261. The van der Waals surface area contributed by atoms with Crippen LogP contribution >= 0.6 is 0 Å². The lowest BCUT2D eigenvalue weighted by atomic mass is 9.94. The molecule has 3 rings (SSSR count). The topological polar surface area (TPSA) is 104 Å². The number of aryl methyl sites for hydroxylation is 1. The molecule has 0 saturated carbocycles. The van der Waals surface area contributed by atoms with Crippen molar-refractivity contribution < 1.29 is 29.3 Å². The first-order valence-electron chi connectivity index (χ1n) is 9.46. The van der Waals surface area contributed by atoms with E-state index in [-0.39, 0.29) is 17.9 Å². The van der Waals surface area contributed by atoms with E-state index in [0.717, 1.165) is 5.56 Å². The fourth-order valence-corrected chi connectivity index (χ4v) is 3.49. The summed E-state index contributed by atoms with van der Waals surface area (Å²) in [5, 5.41) is 20.8. The first-order valence-corrected chi connectivity index (χ1v) is 9.46. The molecule has 1 amide bonds. The van der Waals surface area contributed by atoms with Crippen LogP contribution in [0.1, 0.15) is 40.0 Å². The van der Waals surface area contributed by atoms with Gasteiger partial charge in [0.15, 0.2) is 0 Å². The number of amides is 1. The minimum Gasteiger partial charge on any atom is -0.507 e. The fourth-order valence-electron chi connectivity index (χ4n) is 3.49. The first-order chi connectivity index (χ1) is 14.2. The van der Waals surface area contributed by atoms with Crippen molar-refractivity contribution in [3.8, 4) is 0 Å². The molecule has 1 fully saturated rings. The number of rotatable bonds is 5. The first kappa shape index (κ1) is 21.3. The molecule has 7 heteroatoms. The van der Waals surface area contributed by atoms with Crippen LogP contribution in [0.3, 0.4) is 0 Å². The van der Waals surface area contributed by atoms with Gasteiger partial charge in [-0.15, -0.1) is 0 Å². The van der Waals surface area contributed by atoms with E-state index >= 15 is 0 Å². The Morgan fingerprint density at radius 2 is 1.63 bits per heavy atom. The second-order valence-electron chi connectivity index (χ2n) is 7.28. The number of carbonyl (C=O) groups excluding carboxylic acids is 3. The third-order valence-corrected chi connectivity index (χ3v) is 4.97. The van der Waals surface area contributed by atoms with Gasteiger partial charge in [-0.1, -0.05) is 42.0 Å². The Morgan fingerprint density at radius 3 is 2.17 bits per heavy atom. The number of methoxy groups -OCH3 is 1. The van der Waals surface area contributed by atoms with Crippen LogP contribution in [0.5, 0.6) is 0 Å². The molecule has 1 heterocycles. The molecule has 2 aromatic rings. The van der Waals surface area contributed by atoms with Crippen molar-refractivity contribution in [1.82, 2.24) is 4.90 Å². The normalized spacial score (nSPS) is 19.1. The van der Waals surface area contributed by atoms with E-state index in [9.17, 15) is 24.6 Å². The van der Waals surface area contributed by atoms with Crippen LogP contribution in [0.15, 0.2) is 54.1 Å². The largest absolute Gasteiger partial charge is 0.507 e. The maximum Gasteiger partial charge on any atom is 0.337 e. The van der Waals surface area contributed by atoms with Crippen molar-refractivity contribution in [2.75, 3.05) is 13.7 Å². The molecule has 2 unspecified atom stereocenters. The van der Waals surface area contributed by atoms with Crippen LogP contribution < -0.4 is 0 Å². The molecule has 2 aromatic carbocycles. The summed E-state index contributed by atoms with van der Waals surface area (Å²) in [7, 11) is 1.27. The summed E-state index contributed by atoms with van der Waals surface area (Å²) in [5.74, 6) is -2.43. The van der Waals surface area contributed by atoms with E-state index in [4.69, 9.17) is 4.74 Å². The number of ether oxygens (including phenoxy) is 1. The molecule has 156 valence electrons. The zero-order chi connectivity index (χ0) is 22.0. The molecule has 1 saturated heterocycles. The third-order valence-electron chi connectivity index (χ3n) is 4.97. The molecule has 0 bridgehead atoms. The molecule has 0 spiro atoms. The maximum absolute atomic E-state index is 12.8. The van der Waals surface area contributed by atoms with Crippen LogP contribution in [-0.4, -0.2) is 52.5 Å². The lowest BCUT2D eigenvalue weighted by Crippen LogP contribution is -2.35. The second-order valence-corrected chi connectivity index (χ2v) is 7.28. The highest BCUT2D eigenvalue weighted by molar-refractivity contribution is 6.46. The molecular weight excluding hydrogens is 386 g/mol. The zero-order valence-corrected chi connectivity index (χ0v) is 17.0. The summed E-state index contributed by atoms with van der Waals surface area (Å²) in [6, 6.07) is 12.3. The van der Waals surface area contributed by atoms with Gasteiger partial charge in [-0.3, -0.25) is 9.59 Å². The Bertz CT molecular complexity index is 1000. The van der Waals surface area contributed by atoms with E-state index < -0.39 is 29.8 Å². The minimum atomic E-state index is -0.896. The standard InChI is InChI=1S/C23H23NO6/c1-13-4-6-16(7-5-13)20(26)18-19(24(12-14(2)25)22(28)21(18)27)15-8-10-17(11-9-15)23(29)30-3/h4-11,14,19,25-26H,12H2,1-3H3/b20-18-. The maximum atomic E-state index is 12.8. The molecule has 1 aliphatic heterocycles. The Hall–Kier alpha value is -3.45. The molecule has 2 N–H and O–H groups in total. The van der Waals surface area contributed by atoms with Crippen molar-refractivity contribution in [2.45, 2.75) is 26.0 Å². The second kappa shape index (κ2) is 8.51. The third kappa shape index (κ3) is 3.97. The predicted molar refractivity (Wildman–Crippen MR) is 110 cm³/mol. The summed E-state index contributed by atoms with van der Waals surface area (Å²) < 4.78 is 4.70. The minimum absolute atomic E-state index is 0.0599. The Balaban J connectivity index is 2.14. The lowest BCUT2D eigenvalue weighted by molar-refractivity contribution is -0.140. The van der Waals surface area contributed by atoms with Crippen molar-refractivity contribution in [3.05, 3.63) is 76.4 Å². The van der Waals surface area contributed by atoms with Gasteiger partial charge in [0.2, 0.25) is 0 Å². The number of hydrogen-bond donors (Lipinski definition) is 2. The van der Waals surface area contributed by atoms with Crippen LogP contribution in [0, 0.1) is 6.92 Å². The van der Waals surface area contributed by atoms with Crippen molar-refractivity contribution in [3.63, 3.8) is 0 Å². The molecule has 2 atom stereocenters. The van der Waals surface area contributed by atoms with Gasteiger partial charge in [-0.2, -0.15) is 0 Å². The summed E-state index contributed by atoms with van der Waals surface area (Å²) in [5.41, 5.74) is 2.17. The van der Waals surface area contributed by atoms with Crippen LogP contribution in [0.25, 0.3) is 5.76 Å². The van der Waals surface area contributed by atoms with E-state index in [1.807, 2.05) is 6.92 Å². The number of Topliss-reactive ketones (excluding diaryl/α,β-unsaturated/α-hetero) is 1. The van der Waals surface area contributed by atoms with Gasteiger partial charge in [0.05, 0.1) is 30.4 Å². The molecule has 0 aromatic heterocycles. The number of aliphatic hydroxyl groups is 2. The van der Waals surface area contributed by atoms with Crippen LogP contribution in [0.4, 0.5) is 0 Å². The summed E-state index contributed by atoms with van der Waals surface area (Å²) in [4.78, 5) is 38.5. The quantitative estimate of drug-likeness (QED) is 0.340. The van der Waals surface area contributed by atoms with E-state index in [1.54, 1.807) is 36.4 Å². The van der Waals surface area contributed by atoms with E-state index in [1.165, 1.54) is 31.1 Å². The van der Waals surface area contributed by atoms with Gasteiger partial charge < -0.3 is 19.8 Å². The summed E-state index contributed by atoms with van der Waals surface area (Å²) >= 11 is 0. The highest BCUT2D eigenvalue weighted by atomic mass is 16.5. The molecule has 1 aliphatic rings. The van der Waals surface area contributed by atoms with Crippen molar-refractivity contribution in [1.29, 1.82) is 0 Å². The van der Waals surface area contributed by atoms with Gasteiger partial charge in [0.1, 0.15) is 5.76 Å². The summed E-state index contributed by atoms with van der Waals surface area (Å²) in [6.45, 7) is 3.32. The number of benzene rings is 2. The number of carbonyl (C=O) groups is 3. The van der Waals surface area contributed by atoms with Crippen LogP contribution in [0.2, 0.25) is 0 Å². The number of likely N-dealkylation sites (tertiary alicyclic amines) is 1. The molecule has 30 heavy (non-hydrogen) atoms. The zero-order valence-electron chi connectivity index (χ0n) is 17.0. The van der Waals surface area contributed by atoms with E-state index in [2.05, 4.69) is 0 Å². The van der Waals surface area contributed by atoms with Gasteiger partial charge in [-0.25, -0.2) is 4.79 Å². The number of nitrogens with zero attached hydrogens (tertiary/aromatic N) is 1. The number of esters is 1. The Morgan fingerprint density at radius 1 is 1.07 bits per heavy atom. The SMILES string of the molecule is COC(=O)c1ccc(C2/C(=C(/O)c3ccc(C)cc3)C(=O)C(=O)N2CC(C)O)cc1. The predicted octanol–water partition coefficient (Wildman–Crippen LogP) is 2.58.